The molecule has 8 nitrogen and oxygen atoms in total. The molecular weight excluding hydrogens is 224 g/mol. The Bertz CT molecular complexity index is 495. The Hall–Kier alpha value is -1.77. The number of aromatic nitrogens is 4. The molecular formula is C9H14N6O2. The van der Waals surface area contributed by atoms with Crippen molar-refractivity contribution in [2.24, 2.45) is 5.73 Å². The summed E-state index contributed by atoms with van der Waals surface area (Å²) in [7, 11) is 0. The van der Waals surface area contributed by atoms with Crippen LogP contribution in [0, 0.1) is 0 Å². The average molecular weight is 238 g/mol. The number of aliphatic hydroxyl groups is 1. The van der Waals surface area contributed by atoms with Gasteiger partial charge in [0, 0.05) is 6.54 Å². The number of hydrogen-bond donors (Lipinski definition) is 3. The van der Waals surface area contributed by atoms with E-state index in [9.17, 15) is 0 Å². The van der Waals surface area contributed by atoms with Gasteiger partial charge in [-0.1, -0.05) is 0 Å². The number of nitrogens with zero attached hydrogens (tertiary/aromatic N) is 4. The summed E-state index contributed by atoms with van der Waals surface area (Å²) in [5, 5.41) is 8.94. The molecule has 8 heteroatoms. The van der Waals surface area contributed by atoms with Gasteiger partial charge in [-0.15, -0.1) is 0 Å². The zero-order chi connectivity index (χ0) is 12.3. The standard InChI is InChI=1S/C9H14N6O2/c10-1-6(2-16)17-5-15-4-14-7-8(11)12-3-13-9(7)15/h3-4,6,16H,1-2,5,10H2,(H2,11,12,13). The van der Waals surface area contributed by atoms with Crippen molar-refractivity contribution in [3.63, 3.8) is 0 Å². The van der Waals surface area contributed by atoms with E-state index in [1.165, 1.54) is 6.33 Å². The van der Waals surface area contributed by atoms with Crippen molar-refractivity contribution < 1.29 is 9.84 Å². The molecule has 1 unspecified atom stereocenters. The highest BCUT2D eigenvalue weighted by Crippen LogP contribution is 2.14. The Kier molecular flexibility index (Phi) is 3.47. The summed E-state index contributed by atoms with van der Waals surface area (Å²) in [6.07, 6.45) is 2.52. The maximum Gasteiger partial charge on any atom is 0.167 e. The quantitative estimate of drug-likeness (QED) is 0.591. The third kappa shape index (κ3) is 2.33. The predicted molar refractivity (Wildman–Crippen MR) is 60.7 cm³/mol. The zero-order valence-corrected chi connectivity index (χ0v) is 9.15. The van der Waals surface area contributed by atoms with E-state index in [0.29, 0.717) is 17.0 Å². The van der Waals surface area contributed by atoms with E-state index in [1.54, 1.807) is 10.9 Å². The van der Waals surface area contributed by atoms with E-state index in [-0.39, 0.29) is 19.9 Å². The molecule has 2 heterocycles. The molecule has 2 aromatic heterocycles. The third-order valence-corrected chi connectivity index (χ3v) is 2.35. The molecule has 0 aliphatic carbocycles. The van der Waals surface area contributed by atoms with Gasteiger partial charge in [-0.05, 0) is 0 Å². The van der Waals surface area contributed by atoms with Crippen molar-refractivity contribution in [3.05, 3.63) is 12.7 Å². The van der Waals surface area contributed by atoms with Crippen LogP contribution in [0.5, 0.6) is 0 Å². The van der Waals surface area contributed by atoms with Gasteiger partial charge >= 0.3 is 0 Å². The predicted octanol–water partition coefficient (Wildman–Crippen LogP) is -1.30. The first kappa shape index (κ1) is 11.7. The highest BCUT2D eigenvalue weighted by molar-refractivity contribution is 5.80. The lowest BCUT2D eigenvalue weighted by atomic mass is 10.4. The lowest BCUT2D eigenvalue weighted by Gasteiger charge is -2.13. The van der Waals surface area contributed by atoms with Crippen LogP contribution in [0.1, 0.15) is 0 Å². The fourth-order valence-electron chi connectivity index (χ4n) is 1.37. The van der Waals surface area contributed by atoms with E-state index in [0.717, 1.165) is 0 Å². The van der Waals surface area contributed by atoms with Crippen LogP contribution in [0.3, 0.4) is 0 Å². The van der Waals surface area contributed by atoms with Gasteiger partial charge < -0.3 is 21.3 Å². The van der Waals surface area contributed by atoms with Crippen molar-refractivity contribution in [2.45, 2.75) is 12.8 Å². The average Bonchev–Trinajstić information content (AvgIpc) is 2.75. The Labute approximate surface area is 97.2 Å². The summed E-state index contributed by atoms with van der Waals surface area (Å²) >= 11 is 0. The topological polar surface area (TPSA) is 125 Å². The lowest BCUT2D eigenvalue weighted by Crippen LogP contribution is -2.28. The van der Waals surface area contributed by atoms with Crippen LogP contribution in [0.4, 0.5) is 5.82 Å². The molecule has 2 aromatic rings. The molecule has 0 saturated heterocycles. The lowest BCUT2D eigenvalue weighted by molar-refractivity contribution is -0.0168. The third-order valence-electron chi connectivity index (χ3n) is 2.35. The van der Waals surface area contributed by atoms with Crippen LogP contribution in [-0.2, 0) is 11.5 Å². The first-order valence-electron chi connectivity index (χ1n) is 5.10. The number of rotatable bonds is 5. The molecule has 1 atom stereocenters. The van der Waals surface area contributed by atoms with E-state index in [4.69, 9.17) is 21.3 Å². The van der Waals surface area contributed by atoms with E-state index < -0.39 is 6.10 Å². The van der Waals surface area contributed by atoms with Gasteiger partial charge in [0.05, 0.1) is 19.0 Å². The number of imidazole rings is 1. The van der Waals surface area contributed by atoms with Crippen LogP contribution in [0.25, 0.3) is 11.2 Å². The van der Waals surface area contributed by atoms with E-state index in [1.807, 2.05) is 0 Å². The van der Waals surface area contributed by atoms with Crippen LogP contribution < -0.4 is 11.5 Å². The fourth-order valence-corrected chi connectivity index (χ4v) is 1.37. The summed E-state index contributed by atoms with van der Waals surface area (Å²) in [5.74, 6) is 0.325. The van der Waals surface area contributed by atoms with Crippen LogP contribution >= 0.6 is 0 Å². The molecule has 0 aromatic carbocycles. The minimum absolute atomic E-state index is 0.125. The SMILES string of the molecule is NCC(CO)OCn1cnc2c(N)ncnc21. The van der Waals surface area contributed by atoms with E-state index in [2.05, 4.69) is 15.0 Å². The number of anilines is 1. The summed E-state index contributed by atoms with van der Waals surface area (Å²) in [5.41, 5.74) is 12.2. The van der Waals surface area contributed by atoms with Gasteiger partial charge in [0.25, 0.3) is 0 Å². The molecule has 0 spiro atoms. The molecule has 2 rings (SSSR count). The molecule has 0 radical (unpaired) electrons. The van der Waals surface area contributed by atoms with Gasteiger partial charge in [0.1, 0.15) is 18.6 Å². The number of hydrogen-bond acceptors (Lipinski definition) is 7. The van der Waals surface area contributed by atoms with Crippen LogP contribution in [0.15, 0.2) is 12.7 Å². The van der Waals surface area contributed by atoms with Gasteiger partial charge in [-0.2, -0.15) is 0 Å². The van der Waals surface area contributed by atoms with Gasteiger partial charge in [-0.25, -0.2) is 15.0 Å². The van der Waals surface area contributed by atoms with Crippen molar-refractivity contribution in [2.75, 3.05) is 18.9 Å². The van der Waals surface area contributed by atoms with Crippen molar-refractivity contribution in [1.29, 1.82) is 0 Å². The maximum atomic E-state index is 8.94. The largest absolute Gasteiger partial charge is 0.394 e. The number of nitrogen functional groups attached to an aromatic ring is 1. The second kappa shape index (κ2) is 5.04. The number of nitrogens with two attached hydrogens (primary N) is 2. The van der Waals surface area contributed by atoms with Crippen molar-refractivity contribution >= 4 is 17.0 Å². The molecule has 0 saturated carbocycles. The van der Waals surface area contributed by atoms with Crippen LogP contribution in [-0.4, -0.2) is 43.9 Å². The minimum atomic E-state index is -0.397. The summed E-state index contributed by atoms with van der Waals surface area (Å²) < 4.78 is 7.05. The number of fused-ring (bicyclic) bond motifs is 1. The summed E-state index contributed by atoms with van der Waals surface area (Å²) in [6, 6.07) is 0. The fraction of sp³-hybridized carbons (Fsp3) is 0.444. The Morgan fingerprint density at radius 2 is 2.24 bits per heavy atom. The molecule has 0 amide bonds. The minimum Gasteiger partial charge on any atom is -0.394 e. The Morgan fingerprint density at radius 1 is 1.41 bits per heavy atom. The Morgan fingerprint density at radius 3 is 2.94 bits per heavy atom. The maximum absolute atomic E-state index is 8.94. The number of aliphatic hydroxyl groups excluding tert-OH is 1. The summed E-state index contributed by atoms with van der Waals surface area (Å²) in [4.78, 5) is 12.0. The molecule has 0 fully saturated rings. The number of ether oxygens (including phenoxy) is 1. The second-order valence-corrected chi connectivity index (χ2v) is 3.48. The van der Waals surface area contributed by atoms with Gasteiger partial charge in [-0.3, -0.25) is 4.57 Å². The smallest absolute Gasteiger partial charge is 0.167 e. The van der Waals surface area contributed by atoms with Crippen molar-refractivity contribution in [1.82, 2.24) is 19.5 Å². The highest BCUT2D eigenvalue weighted by Gasteiger charge is 2.10. The zero-order valence-electron chi connectivity index (χ0n) is 9.15. The molecule has 0 bridgehead atoms. The molecule has 5 N–H and O–H groups in total. The molecule has 17 heavy (non-hydrogen) atoms. The monoisotopic (exact) mass is 238 g/mol. The first-order valence-corrected chi connectivity index (χ1v) is 5.10. The Balaban J connectivity index is 2.17. The second-order valence-electron chi connectivity index (χ2n) is 3.48. The highest BCUT2D eigenvalue weighted by atomic mass is 16.5. The van der Waals surface area contributed by atoms with E-state index >= 15 is 0 Å². The van der Waals surface area contributed by atoms with Gasteiger partial charge in [0.2, 0.25) is 0 Å². The summed E-state index contributed by atoms with van der Waals surface area (Å²) in [6.45, 7) is 0.329. The molecule has 0 aliphatic heterocycles. The van der Waals surface area contributed by atoms with Crippen molar-refractivity contribution in [3.8, 4) is 0 Å². The molecule has 92 valence electrons. The first-order chi connectivity index (χ1) is 8.26. The van der Waals surface area contributed by atoms with Crippen LogP contribution in [0.2, 0.25) is 0 Å². The molecule has 0 aliphatic rings. The normalized spacial score (nSPS) is 13.1. The van der Waals surface area contributed by atoms with Gasteiger partial charge in [0.15, 0.2) is 11.5 Å².